The van der Waals surface area contributed by atoms with Crippen molar-refractivity contribution in [2.45, 2.75) is 19.3 Å². The molecule has 3 aromatic carbocycles. The van der Waals surface area contributed by atoms with Crippen molar-refractivity contribution in [3.63, 3.8) is 0 Å². The van der Waals surface area contributed by atoms with Crippen LogP contribution in [0.5, 0.6) is 0 Å². The average Bonchev–Trinajstić information content (AvgIpc) is 3.43. The van der Waals surface area contributed by atoms with E-state index in [-0.39, 0.29) is 0 Å². The smallest absolute Gasteiger partial charge is 0.194 e. The molecule has 0 spiro atoms. The summed E-state index contributed by atoms with van der Waals surface area (Å²) in [5.41, 5.74) is 1.14. The highest BCUT2D eigenvalue weighted by Crippen LogP contribution is 2.34. The molecule has 1 aliphatic carbocycles. The summed E-state index contributed by atoms with van der Waals surface area (Å²) in [7, 11) is 0. The lowest BCUT2D eigenvalue weighted by molar-refractivity contribution is 0.447. The number of halogens is 5. The van der Waals surface area contributed by atoms with Crippen LogP contribution < -0.4 is 0 Å². The maximum atomic E-state index is 14.5. The summed E-state index contributed by atoms with van der Waals surface area (Å²) < 4.78 is 69.0. The predicted molar refractivity (Wildman–Crippen MR) is 93.5 cm³/mol. The molecule has 0 atom stereocenters. The van der Waals surface area contributed by atoms with Crippen LogP contribution >= 0.6 is 0 Å². The molecule has 27 heavy (non-hydrogen) atoms. The molecular formula is C22H15F5. The Hall–Kier alpha value is -2.69. The Kier molecular flexibility index (Phi) is 4.46. The van der Waals surface area contributed by atoms with Gasteiger partial charge in [0.2, 0.25) is 0 Å². The summed E-state index contributed by atoms with van der Waals surface area (Å²) in [5.74, 6) is -5.89. The Morgan fingerprint density at radius 3 is 1.67 bits per heavy atom. The lowest BCUT2D eigenvalue weighted by atomic mass is 9.97. The summed E-state index contributed by atoms with van der Waals surface area (Å²) in [6, 6.07) is 10.8. The number of benzene rings is 3. The summed E-state index contributed by atoms with van der Waals surface area (Å²) in [5, 5.41) is 0. The minimum atomic E-state index is -1.68. The SMILES string of the molecule is Fc1cc(-c2c(F)cc(-c3ccc(CC4CC4)cc3)cc2F)cc(F)c1F. The number of hydrogen-bond donors (Lipinski definition) is 0. The van der Waals surface area contributed by atoms with Gasteiger partial charge in [-0.3, -0.25) is 0 Å². The fourth-order valence-electron chi connectivity index (χ4n) is 3.20. The molecule has 0 radical (unpaired) electrons. The van der Waals surface area contributed by atoms with E-state index in [1.54, 1.807) is 12.1 Å². The van der Waals surface area contributed by atoms with Gasteiger partial charge in [-0.2, -0.15) is 0 Å². The van der Waals surface area contributed by atoms with Crippen LogP contribution in [-0.4, -0.2) is 0 Å². The van der Waals surface area contributed by atoms with Gasteiger partial charge in [0.15, 0.2) is 17.5 Å². The van der Waals surface area contributed by atoms with E-state index in [9.17, 15) is 22.0 Å². The molecular weight excluding hydrogens is 359 g/mol. The molecule has 0 aromatic heterocycles. The Morgan fingerprint density at radius 2 is 1.15 bits per heavy atom. The van der Waals surface area contributed by atoms with Gasteiger partial charge in [-0.25, -0.2) is 22.0 Å². The van der Waals surface area contributed by atoms with Crippen LogP contribution in [0.15, 0.2) is 48.5 Å². The fourth-order valence-corrected chi connectivity index (χ4v) is 3.20. The van der Waals surface area contributed by atoms with Gasteiger partial charge in [0.05, 0.1) is 5.56 Å². The first-order chi connectivity index (χ1) is 12.9. The van der Waals surface area contributed by atoms with Crippen molar-refractivity contribution >= 4 is 0 Å². The van der Waals surface area contributed by atoms with Gasteiger partial charge in [-0.1, -0.05) is 24.3 Å². The molecule has 0 saturated heterocycles. The van der Waals surface area contributed by atoms with Gasteiger partial charge in [-0.15, -0.1) is 0 Å². The molecule has 0 amide bonds. The molecule has 3 aromatic rings. The lowest BCUT2D eigenvalue weighted by Gasteiger charge is -2.10. The molecule has 0 unspecified atom stereocenters. The van der Waals surface area contributed by atoms with E-state index in [1.165, 1.54) is 18.4 Å². The second kappa shape index (κ2) is 6.80. The lowest BCUT2D eigenvalue weighted by Crippen LogP contribution is -1.97. The molecule has 138 valence electrons. The molecule has 4 rings (SSSR count). The second-order valence-corrected chi connectivity index (χ2v) is 6.91. The van der Waals surface area contributed by atoms with Crippen LogP contribution in [-0.2, 0) is 6.42 Å². The van der Waals surface area contributed by atoms with Gasteiger partial charge >= 0.3 is 0 Å². The van der Waals surface area contributed by atoms with E-state index < -0.39 is 40.2 Å². The van der Waals surface area contributed by atoms with Crippen molar-refractivity contribution in [1.29, 1.82) is 0 Å². The Morgan fingerprint density at radius 1 is 0.630 bits per heavy atom. The van der Waals surface area contributed by atoms with E-state index in [2.05, 4.69) is 0 Å². The normalized spacial score (nSPS) is 13.8. The van der Waals surface area contributed by atoms with Gasteiger partial charge < -0.3 is 0 Å². The van der Waals surface area contributed by atoms with E-state index in [4.69, 9.17) is 0 Å². The largest absolute Gasteiger partial charge is 0.206 e. The monoisotopic (exact) mass is 374 g/mol. The summed E-state index contributed by atoms with van der Waals surface area (Å²) in [4.78, 5) is 0. The van der Waals surface area contributed by atoms with E-state index in [0.29, 0.717) is 23.3 Å². The zero-order valence-electron chi connectivity index (χ0n) is 14.2. The summed E-state index contributed by atoms with van der Waals surface area (Å²) >= 11 is 0. The molecule has 1 fully saturated rings. The van der Waals surface area contributed by atoms with Crippen LogP contribution in [0.25, 0.3) is 22.3 Å². The summed E-state index contributed by atoms with van der Waals surface area (Å²) in [6.45, 7) is 0. The van der Waals surface area contributed by atoms with E-state index >= 15 is 0 Å². The highest BCUT2D eigenvalue weighted by Gasteiger charge is 2.21. The van der Waals surface area contributed by atoms with Crippen LogP contribution in [0.1, 0.15) is 18.4 Å². The number of rotatable bonds is 4. The molecule has 1 saturated carbocycles. The minimum Gasteiger partial charge on any atom is -0.206 e. The summed E-state index contributed by atoms with van der Waals surface area (Å²) in [6.07, 6.45) is 3.48. The quantitative estimate of drug-likeness (QED) is 0.353. The van der Waals surface area contributed by atoms with Crippen LogP contribution in [0, 0.1) is 35.0 Å². The van der Waals surface area contributed by atoms with Crippen molar-refractivity contribution in [3.05, 3.63) is 83.2 Å². The molecule has 0 nitrogen and oxygen atoms in total. The maximum Gasteiger partial charge on any atom is 0.194 e. The first-order valence-electron chi connectivity index (χ1n) is 8.65. The van der Waals surface area contributed by atoms with Gasteiger partial charge in [0.1, 0.15) is 11.6 Å². The Bertz CT molecular complexity index is 958. The van der Waals surface area contributed by atoms with Crippen LogP contribution in [0.3, 0.4) is 0 Å². The first kappa shape index (κ1) is 17.7. The average molecular weight is 374 g/mol. The molecule has 0 aliphatic heterocycles. The zero-order chi connectivity index (χ0) is 19.1. The van der Waals surface area contributed by atoms with Crippen molar-refractivity contribution < 1.29 is 22.0 Å². The van der Waals surface area contributed by atoms with Gasteiger partial charge in [0.25, 0.3) is 0 Å². The molecule has 0 N–H and O–H groups in total. The third kappa shape index (κ3) is 3.59. The minimum absolute atomic E-state index is 0.315. The third-order valence-electron chi connectivity index (χ3n) is 4.82. The molecule has 0 heterocycles. The van der Waals surface area contributed by atoms with Crippen molar-refractivity contribution in [3.8, 4) is 22.3 Å². The van der Waals surface area contributed by atoms with E-state index in [1.807, 2.05) is 12.1 Å². The first-order valence-corrected chi connectivity index (χ1v) is 8.65. The molecule has 5 heteroatoms. The predicted octanol–water partition coefficient (Wildman–Crippen LogP) is 6.67. The highest BCUT2D eigenvalue weighted by atomic mass is 19.2. The molecule has 1 aliphatic rings. The molecule has 0 bridgehead atoms. The Labute approximate surface area is 153 Å². The van der Waals surface area contributed by atoms with Crippen molar-refractivity contribution in [2.24, 2.45) is 5.92 Å². The zero-order valence-corrected chi connectivity index (χ0v) is 14.2. The number of hydrogen-bond acceptors (Lipinski definition) is 0. The van der Waals surface area contributed by atoms with Crippen molar-refractivity contribution in [1.82, 2.24) is 0 Å². The van der Waals surface area contributed by atoms with Gasteiger partial charge in [0, 0.05) is 0 Å². The maximum absolute atomic E-state index is 14.5. The van der Waals surface area contributed by atoms with Crippen LogP contribution in [0.2, 0.25) is 0 Å². The highest BCUT2D eigenvalue weighted by molar-refractivity contribution is 5.72. The van der Waals surface area contributed by atoms with Crippen molar-refractivity contribution in [2.75, 3.05) is 0 Å². The van der Waals surface area contributed by atoms with Crippen LogP contribution in [0.4, 0.5) is 22.0 Å². The standard InChI is InChI=1S/C22H15F5/c23-17-8-15(14-5-3-13(4-6-14)7-12-1-2-12)9-18(24)21(17)16-10-19(25)22(27)20(26)11-16/h3-6,8-12H,1-2,7H2. The Balaban J connectivity index is 1.69. The third-order valence-corrected chi connectivity index (χ3v) is 4.82. The topological polar surface area (TPSA) is 0 Å². The fraction of sp³-hybridized carbons (Fsp3) is 0.182. The second-order valence-electron chi connectivity index (χ2n) is 6.91. The van der Waals surface area contributed by atoms with Gasteiger partial charge in [-0.05, 0) is 71.7 Å². The van der Waals surface area contributed by atoms with E-state index in [0.717, 1.165) is 24.5 Å².